The molecule has 2 unspecified atom stereocenters. The van der Waals surface area contributed by atoms with Crippen molar-refractivity contribution < 1.29 is 14.3 Å². The fourth-order valence-corrected chi connectivity index (χ4v) is 1.85. The number of esters is 1. The maximum absolute atomic E-state index is 12.2. The number of carbonyl (C=O) groups excluding carboxylic acids is 2. The third-order valence-corrected chi connectivity index (χ3v) is 3.41. The van der Waals surface area contributed by atoms with Crippen LogP contribution in [-0.2, 0) is 14.3 Å². The first-order chi connectivity index (χ1) is 9.51. The molecule has 0 aliphatic heterocycles. The van der Waals surface area contributed by atoms with E-state index < -0.39 is 18.1 Å². The summed E-state index contributed by atoms with van der Waals surface area (Å²) < 4.78 is 4.73. The number of hydrogen-bond acceptors (Lipinski definition) is 4. The second-order valence-corrected chi connectivity index (χ2v) is 4.78. The SMILES string of the molecule is CCC(C)C(NC(=O)[C@H](N)c1ccccc1)C(=O)OC. The van der Waals surface area contributed by atoms with E-state index in [1.807, 2.05) is 32.0 Å². The average molecular weight is 278 g/mol. The number of carbonyl (C=O) groups is 2. The van der Waals surface area contributed by atoms with E-state index in [9.17, 15) is 9.59 Å². The van der Waals surface area contributed by atoms with Gasteiger partial charge in [0.2, 0.25) is 5.91 Å². The van der Waals surface area contributed by atoms with Crippen molar-refractivity contribution in [3.05, 3.63) is 35.9 Å². The van der Waals surface area contributed by atoms with Crippen molar-refractivity contribution in [2.45, 2.75) is 32.4 Å². The molecule has 1 rings (SSSR count). The van der Waals surface area contributed by atoms with Gasteiger partial charge < -0.3 is 15.8 Å². The molecule has 3 N–H and O–H groups in total. The topological polar surface area (TPSA) is 81.4 Å². The Balaban J connectivity index is 2.78. The minimum atomic E-state index is -0.799. The van der Waals surface area contributed by atoms with Gasteiger partial charge in [-0.05, 0) is 11.5 Å². The molecule has 1 aromatic carbocycles. The monoisotopic (exact) mass is 278 g/mol. The Hall–Kier alpha value is -1.88. The average Bonchev–Trinajstić information content (AvgIpc) is 2.50. The zero-order valence-corrected chi connectivity index (χ0v) is 12.1. The maximum Gasteiger partial charge on any atom is 0.328 e. The van der Waals surface area contributed by atoms with Gasteiger partial charge in [-0.2, -0.15) is 0 Å². The van der Waals surface area contributed by atoms with Gasteiger partial charge in [-0.15, -0.1) is 0 Å². The molecule has 0 aliphatic rings. The van der Waals surface area contributed by atoms with E-state index in [1.54, 1.807) is 12.1 Å². The molecular weight excluding hydrogens is 256 g/mol. The molecule has 20 heavy (non-hydrogen) atoms. The largest absolute Gasteiger partial charge is 0.467 e. The van der Waals surface area contributed by atoms with E-state index in [2.05, 4.69) is 5.32 Å². The van der Waals surface area contributed by atoms with Crippen LogP contribution in [0.25, 0.3) is 0 Å². The summed E-state index contributed by atoms with van der Waals surface area (Å²) in [5, 5.41) is 2.68. The normalized spacial score (nSPS) is 15.0. The maximum atomic E-state index is 12.2. The summed E-state index contributed by atoms with van der Waals surface area (Å²) in [6, 6.07) is 7.56. The van der Waals surface area contributed by atoms with E-state index in [4.69, 9.17) is 10.5 Å². The van der Waals surface area contributed by atoms with Gasteiger partial charge in [-0.3, -0.25) is 4.79 Å². The van der Waals surface area contributed by atoms with Crippen LogP contribution in [0.15, 0.2) is 30.3 Å². The number of benzene rings is 1. The van der Waals surface area contributed by atoms with E-state index in [-0.39, 0.29) is 11.8 Å². The van der Waals surface area contributed by atoms with Crippen molar-refractivity contribution in [3.8, 4) is 0 Å². The predicted octanol–water partition coefficient (Wildman–Crippen LogP) is 1.39. The van der Waals surface area contributed by atoms with Crippen LogP contribution >= 0.6 is 0 Å². The molecule has 0 aromatic heterocycles. The van der Waals surface area contributed by atoms with Crippen molar-refractivity contribution >= 4 is 11.9 Å². The highest BCUT2D eigenvalue weighted by molar-refractivity contribution is 5.88. The van der Waals surface area contributed by atoms with Gasteiger partial charge in [0.15, 0.2) is 0 Å². The molecule has 0 heterocycles. The van der Waals surface area contributed by atoms with Gasteiger partial charge in [0.05, 0.1) is 7.11 Å². The number of rotatable bonds is 6. The Kier molecular flexibility index (Phi) is 6.18. The van der Waals surface area contributed by atoms with Crippen molar-refractivity contribution in [1.29, 1.82) is 0 Å². The lowest BCUT2D eigenvalue weighted by Crippen LogP contribution is -2.48. The van der Waals surface area contributed by atoms with Gasteiger partial charge in [0, 0.05) is 0 Å². The minimum Gasteiger partial charge on any atom is -0.467 e. The zero-order chi connectivity index (χ0) is 15.1. The summed E-state index contributed by atoms with van der Waals surface area (Å²) in [5.74, 6) is -0.853. The second kappa shape index (κ2) is 7.65. The van der Waals surface area contributed by atoms with Gasteiger partial charge >= 0.3 is 5.97 Å². The predicted molar refractivity (Wildman–Crippen MR) is 76.8 cm³/mol. The van der Waals surface area contributed by atoms with E-state index in [0.29, 0.717) is 5.56 Å². The quantitative estimate of drug-likeness (QED) is 0.770. The van der Waals surface area contributed by atoms with E-state index >= 15 is 0 Å². The summed E-state index contributed by atoms with van der Waals surface area (Å²) in [7, 11) is 1.31. The third kappa shape index (κ3) is 4.06. The van der Waals surface area contributed by atoms with Gasteiger partial charge in [0.25, 0.3) is 0 Å². The van der Waals surface area contributed by atoms with E-state index in [0.717, 1.165) is 6.42 Å². The molecule has 0 saturated carbocycles. The number of nitrogens with one attached hydrogen (secondary N) is 1. The molecule has 1 aromatic rings. The van der Waals surface area contributed by atoms with Crippen molar-refractivity contribution in [2.24, 2.45) is 11.7 Å². The highest BCUT2D eigenvalue weighted by Gasteiger charge is 2.28. The highest BCUT2D eigenvalue weighted by Crippen LogP contribution is 2.13. The van der Waals surface area contributed by atoms with Crippen LogP contribution in [0.1, 0.15) is 31.9 Å². The zero-order valence-electron chi connectivity index (χ0n) is 12.1. The van der Waals surface area contributed by atoms with Crippen LogP contribution in [0.2, 0.25) is 0 Å². The Morgan fingerprint density at radius 3 is 2.40 bits per heavy atom. The fraction of sp³-hybridized carbons (Fsp3) is 0.467. The van der Waals surface area contributed by atoms with Crippen LogP contribution in [0.3, 0.4) is 0 Å². The summed E-state index contributed by atoms with van der Waals surface area (Å²) in [5.41, 5.74) is 6.61. The van der Waals surface area contributed by atoms with Crippen LogP contribution in [-0.4, -0.2) is 25.0 Å². The molecule has 110 valence electrons. The fourth-order valence-electron chi connectivity index (χ4n) is 1.85. The first-order valence-electron chi connectivity index (χ1n) is 6.70. The highest BCUT2D eigenvalue weighted by atomic mass is 16.5. The molecule has 0 aliphatic carbocycles. The standard InChI is InChI=1S/C15H22N2O3/c1-4-10(2)13(15(19)20-3)17-14(18)12(16)11-8-6-5-7-9-11/h5-10,12-13H,4,16H2,1-3H3,(H,17,18)/t10?,12-,13?/m1/s1. The Labute approximate surface area is 119 Å². The molecular formula is C15H22N2O3. The lowest BCUT2D eigenvalue weighted by Gasteiger charge is -2.23. The Morgan fingerprint density at radius 2 is 1.90 bits per heavy atom. The number of methoxy groups -OCH3 is 1. The molecule has 5 heteroatoms. The summed E-state index contributed by atoms with van der Waals surface area (Å²) in [6.07, 6.45) is 0.751. The molecule has 0 radical (unpaired) electrons. The second-order valence-electron chi connectivity index (χ2n) is 4.78. The lowest BCUT2D eigenvalue weighted by molar-refractivity contribution is -0.146. The number of amides is 1. The smallest absolute Gasteiger partial charge is 0.328 e. The molecule has 0 spiro atoms. The summed E-state index contributed by atoms with van der Waals surface area (Å²) in [4.78, 5) is 23.9. The van der Waals surface area contributed by atoms with Gasteiger partial charge in [-0.25, -0.2) is 4.79 Å². The minimum absolute atomic E-state index is 0.0191. The van der Waals surface area contributed by atoms with Gasteiger partial charge in [0.1, 0.15) is 12.1 Å². The first kappa shape index (κ1) is 16.2. The van der Waals surface area contributed by atoms with Crippen LogP contribution in [0.4, 0.5) is 0 Å². The first-order valence-corrected chi connectivity index (χ1v) is 6.70. The van der Waals surface area contributed by atoms with Crippen molar-refractivity contribution in [1.82, 2.24) is 5.32 Å². The van der Waals surface area contributed by atoms with Gasteiger partial charge in [-0.1, -0.05) is 50.6 Å². The van der Waals surface area contributed by atoms with E-state index in [1.165, 1.54) is 7.11 Å². The molecule has 3 atom stereocenters. The molecule has 0 bridgehead atoms. The van der Waals surface area contributed by atoms with Crippen LogP contribution in [0.5, 0.6) is 0 Å². The molecule has 0 saturated heterocycles. The number of ether oxygens (including phenoxy) is 1. The Morgan fingerprint density at radius 1 is 1.30 bits per heavy atom. The molecule has 0 fully saturated rings. The van der Waals surface area contributed by atoms with Crippen LogP contribution < -0.4 is 11.1 Å². The molecule has 1 amide bonds. The number of nitrogens with two attached hydrogens (primary N) is 1. The summed E-state index contributed by atoms with van der Waals surface area (Å²) in [6.45, 7) is 3.83. The lowest BCUT2D eigenvalue weighted by atomic mass is 9.98. The summed E-state index contributed by atoms with van der Waals surface area (Å²) >= 11 is 0. The Bertz CT molecular complexity index is 448. The molecule has 5 nitrogen and oxygen atoms in total. The van der Waals surface area contributed by atoms with Crippen molar-refractivity contribution in [2.75, 3.05) is 7.11 Å². The van der Waals surface area contributed by atoms with Crippen molar-refractivity contribution in [3.63, 3.8) is 0 Å². The number of hydrogen-bond donors (Lipinski definition) is 2. The van der Waals surface area contributed by atoms with Crippen LogP contribution in [0, 0.1) is 5.92 Å². The third-order valence-electron chi connectivity index (χ3n) is 3.41.